The molecule has 2 bridgehead atoms. The molecule has 3 fully saturated rings. The molecule has 2 aliphatic heterocycles. The quantitative estimate of drug-likeness (QED) is 0.672. The van der Waals surface area contributed by atoms with Gasteiger partial charge in [0.05, 0.1) is 17.8 Å². The molecule has 1 saturated carbocycles. The molecule has 3 unspecified atom stereocenters. The van der Waals surface area contributed by atoms with Crippen LogP contribution in [0, 0.1) is 5.92 Å². The minimum absolute atomic E-state index is 0.0462. The van der Waals surface area contributed by atoms with E-state index in [1.54, 1.807) is 0 Å². The molecule has 0 radical (unpaired) electrons. The number of rotatable bonds is 8. The summed E-state index contributed by atoms with van der Waals surface area (Å²) in [5, 5.41) is 0. The first-order valence-corrected chi connectivity index (χ1v) is 10.4. The molecule has 1 aliphatic carbocycles. The van der Waals surface area contributed by atoms with Gasteiger partial charge >= 0.3 is 0 Å². The highest BCUT2D eigenvalue weighted by atomic mass is 16.6. The predicted octanol–water partition coefficient (Wildman–Crippen LogP) is 4.69. The lowest BCUT2D eigenvalue weighted by Crippen LogP contribution is -2.70. The van der Waals surface area contributed by atoms with Crippen molar-refractivity contribution in [3.8, 4) is 0 Å². The maximum Gasteiger partial charge on any atom is 0.101 e. The zero-order valence-electron chi connectivity index (χ0n) is 17.4. The molecule has 1 aromatic rings. The van der Waals surface area contributed by atoms with Gasteiger partial charge in [-0.3, -0.25) is 0 Å². The van der Waals surface area contributed by atoms with Crippen molar-refractivity contribution in [2.24, 2.45) is 5.92 Å². The summed E-state index contributed by atoms with van der Waals surface area (Å²) in [7, 11) is 0. The lowest BCUT2D eigenvalue weighted by molar-refractivity contribution is -0.325. The lowest BCUT2D eigenvalue weighted by Gasteiger charge is -2.63. The summed E-state index contributed by atoms with van der Waals surface area (Å²) in [4.78, 5) is 2.43. The number of ether oxygens (including phenoxy) is 2. The topological polar surface area (TPSA) is 21.7 Å². The Labute approximate surface area is 160 Å². The normalized spacial score (nSPS) is 32.9. The van der Waals surface area contributed by atoms with E-state index in [0.717, 1.165) is 45.5 Å². The number of nitrogens with zero attached hydrogens (tertiary/aromatic N) is 1. The van der Waals surface area contributed by atoms with Crippen LogP contribution in [0.25, 0.3) is 0 Å². The number of likely N-dealkylation sites (N-methyl/N-ethyl adjacent to an activating group) is 1. The Bertz CT molecular complexity index is 583. The molecular weight excluding hydrogens is 322 g/mol. The Morgan fingerprint density at radius 2 is 1.81 bits per heavy atom. The minimum atomic E-state index is -0.222. The van der Waals surface area contributed by atoms with Crippen LogP contribution in [-0.2, 0) is 15.9 Å². The first-order chi connectivity index (χ1) is 12.3. The van der Waals surface area contributed by atoms with Crippen LogP contribution in [0.3, 0.4) is 0 Å². The third kappa shape index (κ3) is 3.72. The molecule has 3 atom stereocenters. The Morgan fingerprint density at radius 1 is 1.12 bits per heavy atom. The van der Waals surface area contributed by atoms with Crippen LogP contribution in [0.1, 0.15) is 59.4 Å². The van der Waals surface area contributed by atoms with Crippen molar-refractivity contribution >= 4 is 0 Å². The van der Waals surface area contributed by atoms with Crippen LogP contribution >= 0.6 is 0 Å². The van der Waals surface area contributed by atoms with Crippen molar-refractivity contribution in [1.29, 1.82) is 0 Å². The average molecular weight is 360 g/mol. The van der Waals surface area contributed by atoms with Crippen molar-refractivity contribution in [1.82, 2.24) is 4.90 Å². The molecular formula is C23H37NO2. The van der Waals surface area contributed by atoms with Crippen LogP contribution < -0.4 is 0 Å². The molecule has 0 aromatic heterocycles. The van der Waals surface area contributed by atoms with Crippen LogP contribution in [0.4, 0.5) is 0 Å². The van der Waals surface area contributed by atoms with E-state index in [-0.39, 0.29) is 16.8 Å². The molecule has 3 aliphatic rings. The summed E-state index contributed by atoms with van der Waals surface area (Å²) in [6, 6.07) is 10.8. The summed E-state index contributed by atoms with van der Waals surface area (Å²) < 4.78 is 13.5. The SMILES string of the molecule is CCN(CC)CCOC1(Cc2ccccc2)CC2CCC1(C)OC2(C)C. The van der Waals surface area contributed by atoms with Gasteiger partial charge in [0, 0.05) is 13.0 Å². The van der Waals surface area contributed by atoms with Crippen LogP contribution in [-0.4, -0.2) is 47.9 Å². The third-order valence-electron chi connectivity index (χ3n) is 6.99. The van der Waals surface area contributed by atoms with Crippen LogP contribution in [0.2, 0.25) is 0 Å². The summed E-state index contributed by atoms with van der Waals surface area (Å²) in [6.07, 6.45) is 4.39. The highest BCUT2D eigenvalue weighted by Crippen LogP contribution is 2.56. The smallest absolute Gasteiger partial charge is 0.101 e. The van der Waals surface area contributed by atoms with Gasteiger partial charge in [0.15, 0.2) is 0 Å². The van der Waals surface area contributed by atoms with E-state index in [4.69, 9.17) is 9.47 Å². The molecule has 146 valence electrons. The summed E-state index contributed by atoms with van der Waals surface area (Å²) in [5.74, 6) is 0.571. The standard InChI is InChI=1S/C23H37NO2/c1-6-24(7-2)15-16-25-23(17-19-11-9-8-10-12-19)18-20-13-14-22(23,5)26-21(20,3)4/h8-12,20H,6-7,13-18H2,1-5H3. The maximum absolute atomic E-state index is 6.77. The number of benzene rings is 1. The zero-order valence-corrected chi connectivity index (χ0v) is 17.4. The lowest BCUT2D eigenvalue weighted by atomic mass is 9.59. The van der Waals surface area contributed by atoms with Crippen molar-refractivity contribution < 1.29 is 9.47 Å². The number of hydrogen-bond donors (Lipinski definition) is 0. The monoisotopic (exact) mass is 359 g/mol. The van der Waals surface area contributed by atoms with Gasteiger partial charge in [-0.05, 0) is 64.6 Å². The molecule has 4 rings (SSSR count). The molecule has 0 spiro atoms. The van der Waals surface area contributed by atoms with E-state index in [2.05, 4.69) is 69.9 Å². The Hall–Kier alpha value is -0.900. The maximum atomic E-state index is 6.77. The highest BCUT2D eigenvalue weighted by molar-refractivity contribution is 5.22. The van der Waals surface area contributed by atoms with Crippen molar-refractivity contribution in [3.63, 3.8) is 0 Å². The Morgan fingerprint density at radius 3 is 2.38 bits per heavy atom. The van der Waals surface area contributed by atoms with Crippen molar-refractivity contribution in [2.45, 2.75) is 77.1 Å². The summed E-state index contributed by atoms with van der Waals surface area (Å²) in [6.45, 7) is 15.2. The first kappa shape index (κ1) is 19.9. The van der Waals surface area contributed by atoms with Gasteiger partial charge in [0.2, 0.25) is 0 Å². The molecule has 2 heterocycles. The minimum Gasteiger partial charge on any atom is -0.370 e. The van der Waals surface area contributed by atoms with Gasteiger partial charge < -0.3 is 14.4 Å². The second kappa shape index (κ2) is 7.61. The summed E-state index contributed by atoms with van der Waals surface area (Å²) in [5.41, 5.74) is 0.866. The van der Waals surface area contributed by atoms with E-state index >= 15 is 0 Å². The van der Waals surface area contributed by atoms with Gasteiger partial charge in [-0.2, -0.15) is 0 Å². The Balaban J connectivity index is 1.83. The van der Waals surface area contributed by atoms with E-state index in [1.807, 2.05) is 0 Å². The largest absolute Gasteiger partial charge is 0.370 e. The Kier molecular flexibility index (Phi) is 5.81. The molecule has 3 heteroatoms. The van der Waals surface area contributed by atoms with Gasteiger partial charge in [-0.15, -0.1) is 0 Å². The second-order valence-corrected chi connectivity index (χ2v) is 8.91. The van der Waals surface area contributed by atoms with Gasteiger partial charge in [0.1, 0.15) is 5.60 Å². The van der Waals surface area contributed by atoms with Gasteiger partial charge in [-0.25, -0.2) is 0 Å². The zero-order chi connectivity index (χ0) is 18.8. The third-order valence-corrected chi connectivity index (χ3v) is 6.99. The molecule has 1 aromatic carbocycles. The fraction of sp³-hybridized carbons (Fsp3) is 0.739. The molecule has 3 nitrogen and oxygen atoms in total. The van der Waals surface area contributed by atoms with Crippen molar-refractivity contribution in [3.05, 3.63) is 35.9 Å². The van der Waals surface area contributed by atoms with Gasteiger partial charge in [0.25, 0.3) is 0 Å². The molecule has 0 N–H and O–H groups in total. The van der Waals surface area contributed by atoms with Crippen molar-refractivity contribution in [2.75, 3.05) is 26.2 Å². The van der Waals surface area contributed by atoms with E-state index in [1.165, 1.54) is 12.0 Å². The van der Waals surface area contributed by atoms with Gasteiger partial charge in [-0.1, -0.05) is 44.2 Å². The summed E-state index contributed by atoms with van der Waals surface area (Å²) >= 11 is 0. The van der Waals surface area contributed by atoms with Crippen LogP contribution in [0.5, 0.6) is 0 Å². The fourth-order valence-corrected chi connectivity index (χ4v) is 5.15. The molecule has 2 saturated heterocycles. The molecule has 26 heavy (non-hydrogen) atoms. The molecule has 0 amide bonds. The average Bonchev–Trinajstić information content (AvgIpc) is 2.60. The van der Waals surface area contributed by atoms with E-state index in [0.29, 0.717) is 5.92 Å². The van der Waals surface area contributed by atoms with Crippen LogP contribution in [0.15, 0.2) is 30.3 Å². The number of fused-ring (bicyclic) bond motifs is 3. The first-order valence-electron chi connectivity index (χ1n) is 10.4. The second-order valence-electron chi connectivity index (χ2n) is 8.91. The highest BCUT2D eigenvalue weighted by Gasteiger charge is 2.62. The van der Waals surface area contributed by atoms with E-state index in [9.17, 15) is 0 Å². The number of hydrogen-bond acceptors (Lipinski definition) is 3. The fourth-order valence-electron chi connectivity index (χ4n) is 5.15. The van der Waals surface area contributed by atoms with E-state index < -0.39 is 0 Å². The predicted molar refractivity (Wildman–Crippen MR) is 108 cm³/mol.